The second kappa shape index (κ2) is 9.26. The van der Waals surface area contributed by atoms with Gasteiger partial charge in [0.1, 0.15) is 11.4 Å². The van der Waals surface area contributed by atoms with Crippen LogP contribution < -0.4 is 10.1 Å². The van der Waals surface area contributed by atoms with Crippen molar-refractivity contribution in [2.45, 2.75) is 6.42 Å². The quantitative estimate of drug-likeness (QED) is 0.569. The summed E-state index contributed by atoms with van der Waals surface area (Å²) in [7, 11) is 3.87. The molecular formula is C21H26ClN5OS. The van der Waals surface area contributed by atoms with Crippen molar-refractivity contribution in [1.29, 1.82) is 0 Å². The number of hydrogen-bond acceptors (Lipinski definition) is 7. The Morgan fingerprint density at radius 1 is 1.24 bits per heavy atom. The van der Waals surface area contributed by atoms with Gasteiger partial charge >= 0.3 is 0 Å². The summed E-state index contributed by atoms with van der Waals surface area (Å²) in [5, 5.41) is 5.03. The molecule has 3 aromatic rings. The number of aromatic nitrogens is 2. The number of ether oxygens (including phenoxy) is 1. The number of thiophene rings is 1. The van der Waals surface area contributed by atoms with Crippen LogP contribution in [0.5, 0.6) is 5.75 Å². The maximum atomic E-state index is 6.42. The predicted molar refractivity (Wildman–Crippen MR) is 121 cm³/mol. The smallest absolute Gasteiger partial charge is 0.223 e. The molecular weight excluding hydrogens is 406 g/mol. The van der Waals surface area contributed by atoms with Gasteiger partial charge in [-0.25, -0.2) is 9.97 Å². The molecule has 4 rings (SSSR count). The monoisotopic (exact) mass is 431 g/mol. The van der Waals surface area contributed by atoms with E-state index in [0.29, 0.717) is 11.0 Å². The Balaban J connectivity index is 1.41. The van der Waals surface area contributed by atoms with Crippen molar-refractivity contribution in [3.8, 4) is 16.3 Å². The van der Waals surface area contributed by atoms with Gasteiger partial charge < -0.3 is 19.9 Å². The van der Waals surface area contributed by atoms with Gasteiger partial charge in [-0.15, -0.1) is 11.3 Å². The molecule has 154 valence electrons. The number of nitrogens with zero attached hydrogens (tertiary/aromatic N) is 4. The Labute approximate surface area is 180 Å². The summed E-state index contributed by atoms with van der Waals surface area (Å²) in [6.07, 6.45) is 2.74. The lowest BCUT2D eigenvalue weighted by atomic mass is 10.2. The normalized spacial score (nSPS) is 15.7. The fraction of sp³-hybridized carbons (Fsp3) is 0.429. The van der Waals surface area contributed by atoms with Crippen molar-refractivity contribution in [2.24, 2.45) is 0 Å². The van der Waals surface area contributed by atoms with E-state index in [1.165, 1.54) is 0 Å². The molecule has 0 aliphatic carbocycles. The second-order valence-corrected chi connectivity index (χ2v) is 8.76. The number of methoxy groups -OCH3 is 1. The standard InChI is InChI=1S/C21H26ClN5OS/c1-26-9-11-27(12-10-26)8-4-7-23-21-24-14-16(22)19(25-21)18-13-15-5-3-6-17(28-2)20(15)29-18/h3,5-6,13-14H,4,7-12H2,1-2H3,(H,23,24,25). The van der Waals surface area contributed by atoms with Crippen LogP contribution in [0.15, 0.2) is 30.5 Å². The highest BCUT2D eigenvalue weighted by atomic mass is 35.5. The van der Waals surface area contributed by atoms with E-state index in [4.69, 9.17) is 16.3 Å². The lowest BCUT2D eigenvalue weighted by molar-refractivity contribution is 0.154. The molecule has 8 heteroatoms. The van der Waals surface area contributed by atoms with Gasteiger partial charge in [-0.3, -0.25) is 0 Å². The molecule has 3 heterocycles. The summed E-state index contributed by atoms with van der Waals surface area (Å²) in [6, 6.07) is 8.14. The molecule has 29 heavy (non-hydrogen) atoms. The van der Waals surface area contributed by atoms with Gasteiger partial charge in [0.15, 0.2) is 0 Å². The summed E-state index contributed by atoms with van der Waals surface area (Å²) in [6.45, 7) is 6.53. The van der Waals surface area contributed by atoms with Crippen LogP contribution in [-0.4, -0.2) is 73.2 Å². The molecule has 1 aromatic carbocycles. The number of likely N-dealkylation sites (N-methyl/N-ethyl adjacent to an activating group) is 1. The maximum absolute atomic E-state index is 6.42. The summed E-state index contributed by atoms with van der Waals surface area (Å²) in [5.41, 5.74) is 0.756. The average Bonchev–Trinajstić information content (AvgIpc) is 3.17. The number of fused-ring (bicyclic) bond motifs is 1. The molecule has 1 aliphatic rings. The average molecular weight is 432 g/mol. The Morgan fingerprint density at radius 3 is 2.86 bits per heavy atom. The zero-order valence-corrected chi connectivity index (χ0v) is 18.4. The minimum atomic E-state index is 0.554. The molecule has 6 nitrogen and oxygen atoms in total. The number of halogens is 1. The fourth-order valence-electron chi connectivity index (χ4n) is 3.51. The van der Waals surface area contributed by atoms with E-state index in [0.717, 1.165) is 72.1 Å². The van der Waals surface area contributed by atoms with Crippen LogP contribution in [0, 0.1) is 0 Å². The largest absolute Gasteiger partial charge is 0.495 e. The Morgan fingerprint density at radius 2 is 2.07 bits per heavy atom. The van der Waals surface area contributed by atoms with Crippen LogP contribution >= 0.6 is 22.9 Å². The Bertz CT molecular complexity index is 971. The molecule has 0 radical (unpaired) electrons. The third-order valence-electron chi connectivity index (χ3n) is 5.24. The molecule has 0 spiro atoms. The molecule has 1 aliphatic heterocycles. The third-order valence-corrected chi connectivity index (χ3v) is 6.68. The highest BCUT2D eigenvalue weighted by Crippen LogP contribution is 2.39. The summed E-state index contributed by atoms with van der Waals surface area (Å²) in [4.78, 5) is 14.9. The van der Waals surface area contributed by atoms with E-state index < -0.39 is 0 Å². The molecule has 1 N–H and O–H groups in total. The van der Waals surface area contributed by atoms with Crippen molar-refractivity contribution < 1.29 is 4.74 Å². The lowest BCUT2D eigenvalue weighted by Crippen LogP contribution is -2.44. The van der Waals surface area contributed by atoms with E-state index in [2.05, 4.69) is 44.3 Å². The number of hydrogen-bond donors (Lipinski definition) is 1. The van der Waals surface area contributed by atoms with Crippen LogP contribution in [0.25, 0.3) is 20.7 Å². The summed E-state index contributed by atoms with van der Waals surface area (Å²) < 4.78 is 6.58. The van der Waals surface area contributed by atoms with Gasteiger partial charge in [0, 0.05) is 32.7 Å². The van der Waals surface area contributed by atoms with Gasteiger partial charge in [0.2, 0.25) is 5.95 Å². The Kier molecular flexibility index (Phi) is 6.50. The number of nitrogens with one attached hydrogen (secondary N) is 1. The third kappa shape index (κ3) is 4.80. The van der Waals surface area contributed by atoms with Gasteiger partial charge in [0.05, 0.1) is 27.9 Å². The highest BCUT2D eigenvalue weighted by Gasteiger charge is 2.15. The molecule has 0 atom stereocenters. The van der Waals surface area contributed by atoms with Crippen LogP contribution in [0.1, 0.15) is 6.42 Å². The van der Waals surface area contributed by atoms with E-state index in [9.17, 15) is 0 Å². The number of benzene rings is 1. The molecule has 0 bridgehead atoms. The maximum Gasteiger partial charge on any atom is 0.223 e. The van der Waals surface area contributed by atoms with Crippen molar-refractivity contribution in [2.75, 3.05) is 58.7 Å². The first-order valence-electron chi connectivity index (χ1n) is 9.88. The van der Waals surface area contributed by atoms with E-state index >= 15 is 0 Å². The van der Waals surface area contributed by atoms with E-state index in [1.54, 1.807) is 24.6 Å². The molecule has 1 fully saturated rings. The Hall–Kier alpha value is -1.93. The minimum absolute atomic E-state index is 0.554. The number of rotatable bonds is 7. The van der Waals surface area contributed by atoms with Crippen LogP contribution in [0.3, 0.4) is 0 Å². The van der Waals surface area contributed by atoms with Crippen LogP contribution in [0.2, 0.25) is 5.02 Å². The molecule has 1 saturated heterocycles. The van der Waals surface area contributed by atoms with E-state index in [-0.39, 0.29) is 0 Å². The van der Waals surface area contributed by atoms with Gasteiger partial charge in [-0.05, 0) is 37.5 Å². The van der Waals surface area contributed by atoms with Gasteiger partial charge in [0.25, 0.3) is 0 Å². The van der Waals surface area contributed by atoms with Crippen LogP contribution in [0.4, 0.5) is 5.95 Å². The first-order chi connectivity index (χ1) is 14.1. The van der Waals surface area contributed by atoms with Crippen molar-refractivity contribution in [3.05, 3.63) is 35.5 Å². The molecule has 0 amide bonds. The number of anilines is 1. The minimum Gasteiger partial charge on any atom is -0.495 e. The fourth-order valence-corrected chi connectivity index (χ4v) is 4.92. The van der Waals surface area contributed by atoms with Gasteiger partial charge in [-0.1, -0.05) is 23.7 Å². The summed E-state index contributed by atoms with van der Waals surface area (Å²) >= 11 is 8.05. The summed E-state index contributed by atoms with van der Waals surface area (Å²) in [5.74, 6) is 1.48. The van der Waals surface area contributed by atoms with Crippen LogP contribution in [-0.2, 0) is 0 Å². The predicted octanol–water partition coefficient (Wildman–Crippen LogP) is 4.07. The van der Waals surface area contributed by atoms with Gasteiger partial charge in [-0.2, -0.15) is 0 Å². The first-order valence-corrected chi connectivity index (χ1v) is 11.1. The highest BCUT2D eigenvalue weighted by molar-refractivity contribution is 7.22. The lowest BCUT2D eigenvalue weighted by Gasteiger charge is -2.32. The SMILES string of the molecule is COc1cccc2cc(-c3nc(NCCCN4CCN(C)CC4)ncc3Cl)sc12. The molecule has 2 aromatic heterocycles. The van der Waals surface area contributed by atoms with Crippen molar-refractivity contribution >= 4 is 39.0 Å². The molecule has 0 saturated carbocycles. The topological polar surface area (TPSA) is 53.5 Å². The first kappa shape index (κ1) is 20.3. The second-order valence-electron chi connectivity index (χ2n) is 7.30. The van der Waals surface area contributed by atoms with Crippen molar-refractivity contribution in [3.63, 3.8) is 0 Å². The molecule has 0 unspecified atom stereocenters. The number of piperazine rings is 1. The van der Waals surface area contributed by atoms with Crippen molar-refractivity contribution in [1.82, 2.24) is 19.8 Å². The zero-order chi connectivity index (χ0) is 20.2. The van der Waals surface area contributed by atoms with E-state index in [1.807, 2.05) is 12.1 Å². The zero-order valence-electron chi connectivity index (χ0n) is 16.8.